The predicted molar refractivity (Wildman–Crippen MR) is 71.8 cm³/mol. The standard InChI is InChI=1S/2C8H11.V/c2*1-6-4-5-7(2)8(6)3;/h2*4-5H,1-3H3;. The average Bonchev–Trinajstić information content (AvgIpc) is 2.66. The zero-order valence-corrected chi connectivity index (χ0v) is 13.2. The summed E-state index contributed by atoms with van der Waals surface area (Å²) in [6.07, 6.45) is 9.47. The molecule has 1 heteroatoms. The Hall–Kier alpha value is -0.456. The zero-order valence-electron chi connectivity index (χ0n) is 11.8. The topological polar surface area (TPSA) is 0 Å². The summed E-state index contributed by atoms with van der Waals surface area (Å²) < 4.78 is 0.650. The van der Waals surface area contributed by atoms with Crippen molar-refractivity contribution in [2.24, 2.45) is 0 Å². The van der Waals surface area contributed by atoms with Crippen LogP contribution >= 0.6 is 0 Å². The first kappa shape index (κ1) is 13.0. The summed E-state index contributed by atoms with van der Waals surface area (Å²) in [6, 6.07) is 0. The van der Waals surface area contributed by atoms with E-state index in [9.17, 15) is 0 Å². The van der Waals surface area contributed by atoms with Gasteiger partial charge in [0.15, 0.2) is 0 Å². The van der Waals surface area contributed by atoms with Gasteiger partial charge in [0, 0.05) is 0 Å². The van der Waals surface area contributed by atoms with Gasteiger partial charge in [-0.15, -0.1) is 0 Å². The molecule has 2 aliphatic carbocycles. The summed E-state index contributed by atoms with van der Waals surface area (Å²) in [7, 11) is 0. The van der Waals surface area contributed by atoms with E-state index >= 15 is 0 Å². The van der Waals surface area contributed by atoms with Crippen LogP contribution in [0.5, 0.6) is 0 Å². The van der Waals surface area contributed by atoms with Crippen LogP contribution in [0.4, 0.5) is 0 Å². The molecule has 2 atom stereocenters. The molecule has 0 saturated carbocycles. The van der Waals surface area contributed by atoms with Gasteiger partial charge in [-0.2, -0.15) is 0 Å². The van der Waals surface area contributed by atoms with Crippen molar-refractivity contribution in [1.29, 1.82) is 0 Å². The fourth-order valence-corrected chi connectivity index (χ4v) is 5.64. The Kier molecular flexibility index (Phi) is 3.08. The average molecular weight is 265 g/mol. The van der Waals surface area contributed by atoms with Gasteiger partial charge in [-0.1, -0.05) is 0 Å². The van der Waals surface area contributed by atoms with Gasteiger partial charge >= 0.3 is 113 Å². The van der Waals surface area contributed by atoms with Crippen molar-refractivity contribution in [3.63, 3.8) is 0 Å². The van der Waals surface area contributed by atoms with Crippen LogP contribution in [0.2, 0.25) is 8.25 Å². The Morgan fingerprint density at radius 3 is 1.35 bits per heavy atom. The van der Waals surface area contributed by atoms with E-state index in [0.717, 1.165) is 0 Å². The van der Waals surface area contributed by atoms with Crippen molar-refractivity contribution in [2.75, 3.05) is 0 Å². The maximum atomic E-state index is 2.43. The van der Waals surface area contributed by atoms with Crippen molar-refractivity contribution >= 4 is 0 Å². The van der Waals surface area contributed by atoms with Crippen molar-refractivity contribution in [1.82, 2.24) is 0 Å². The fraction of sp³-hybridized carbons (Fsp3) is 0.500. The fourth-order valence-electron chi connectivity index (χ4n) is 2.60. The van der Waals surface area contributed by atoms with Gasteiger partial charge < -0.3 is 0 Å². The SMILES string of the molecule is CC1=C(C)[C](C)([V][C]2(C)C=CC(C)=C2C)C=C1. The van der Waals surface area contributed by atoms with Gasteiger partial charge in [0.2, 0.25) is 0 Å². The van der Waals surface area contributed by atoms with Gasteiger partial charge in [0.1, 0.15) is 0 Å². The van der Waals surface area contributed by atoms with E-state index in [1.54, 1.807) is 11.1 Å². The number of allylic oxidation sites excluding steroid dienone is 8. The normalized spacial score (nSPS) is 36.4. The van der Waals surface area contributed by atoms with E-state index < -0.39 is 0 Å². The summed E-state index contributed by atoms with van der Waals surface area (Å²) in [5.74, 6) is 0. The molecule has 0 aromatic heterocycles. The van der Waals surface area contributed by atoms with E-state index in [4.69, 9.17) is 0 Å². The quantitative estimate of drug-likeness (QED) is 0.640. The molecule has 0 aromatic rings. The molecule has 0 radical (unpaired) electrons. The number of hydrogen-bond acceptors (Lipinski definition) is 0. The molecule has 0 nitrogen and oxygen atoms in total. The molecule has 0 saturated heterocycles. The van der Waals surface area contributed by atoms with Gasteiger partial charge in [0.25, 0.3) is 0 Å². The molecule has 0 aliphatic heterocycles. The molecule has 0 heterocycles. The molecule has 2 aliphatic rings. The van der Waals surface area contributed by atoms with E-state index in [2.05, 4.69) is 65.8 Å². The monoisotopic (exact) mass is 265 g/mol. The van der Waals surface area contributed by atoms with Crippen molar-refractivity contribution in [2.45, 2.75) is 49.8 Å². The first-order chi connectivity index (χ1) is 7.78. The summed E-state index contributed by atoms with van der Waals surface area (Å²) in [5, 5.41) is 0. The van der Waals surface area contributed by atoms with Crippen LogP contribution in [-0.4, -0.2) is 0 Å². The Morgan fingerprint density at radius 2 is 1.12 bits per heavy atom. The van der Waals surface area contributed by atoms with Crippen LogP contribution in [0.15, 0.2) is 46.6 Å². The second-order valence-electron chi connectivity index (χ2n) is 5.69. The van der Waals surface area contributed by atoms with Crippen LogP contribution in [-0.2, 0) is 16.3 Å². The van der Waals surface area contributed by atoms with E-state index in [0.29, 0.717) is 8.25 Å². The van der Waals surface area contributed by atoms with Gasteiger partial charge in [-0.3, -0.25) is 0 Å². The first-order valence-electron chi connectivity index (χ1n) is 6.27. The Labute approximate surface area is 113 Å². The van der Waals surface area contributed by atoms with Crippen LogP contribution in [0.3, 0.4) is 0 Å². The molecule has 91 valence electrons. The molecule has 0 fully saturated rings. The molecular formula is C16H22V. The van der Waals surface area contributed by atoms with Crippen molar-refractivity contribution < 1.29 is 16.3 Å². The molecule has 2 unspecified atom stereocenters. The molecule has 2 rings (SSSR count). The van der Waals surface area contributed by atoms with E-state index in [-0.39, 0.29) is 16.3 Å². The zero-order chi connectivity index (χ0) is 12.8. The van der Waals surface area contributed by atoms with Gasteiger partial charge in [-0.05, 0) is 0 Å². The maximum absolute atomic E-state index is 2.43. The third-order valence-corrected chi connectivity index (χ3v) is 7.45. The Morgan fingerprint density at radius 1 is 0.765 bits per heavy atom. The molecular weight excluding hydrogens is 243 g/mol. The molecule has 0 amide bonds. The van der Waals surface area contributed by atoms with Crippen molar-refractivity contribution in [3.8, 4) is 0 Å². The molecule has 17 heavy (non-hydrogen) atoms. The molecule has 0 bridgehead atoms. The second kappa shape index (κ2) is 4.04. The molecule has 0 spiro atoms. The summed E-state index contributed by atoms with van der Waals surface area (Å²) >= 11 is 0.197. The number of hydrogen-bond donors (Lipinski definition) is 0. The van der Waals surface area contributed by atoms with Crippen LogP contribution in [0.25, 0.3) is 0 Å². The van der Waals surface area contributed by atoms with E-state index in [1.807, 2.05) is 0 Å². The minimum absolute atomic E-state index is 0.197. The van der Waals surface area contributed by atoms with Gasteiger partial charge in [-0.25, -0.2) is 0 Å². The summed E-state index contributed by atoms with van der Waals surface area (Å²) in [4.78, 5) is 0. The Bertz CT molecular complexity index is 432. The molecule has 0 N–H and O–H groups in total. The Balaban J connectivity index is 2.31. The summed E-state index contributed by atoms with van der Waals surface area (Å²) in [6.45, 7) is 13.9. The second-order valence-corrected chi connectivity index (χ2v) is 8.94. The van der Waals surface area contributed by atoms with E-state index in [1.165, 1.54) is 11.1 Å². The van der Waals surface area contributed by atoms with Crippen LogP contribution in [0, 0.1) is 0 Å². The third kappa shape index (κ3) is 2.02. The molecule has 0 aromatic carbocycles. The van der Waals surface area contributed by atoms with Crippen LogP contribution in [0.1, 0.15) is 41.5 Å². The third-order valence-electron chi connectivity index (χ3n) is 4.48. The van der Waals surface area contributed by atoms with Crippen LogP contribution < -0.4 is 0 Å². The van der Waals surface area contributed by atoms with Crippen molar-refractivity contribution in [3.05, 3.63) is 46.6 Å². The number of rotatable bonds is 2. The van der Waals surface area contributed by atoms with Gasteiger partial charge in [0.05, 0.1) is 0 Å². The predicted octanol–water partition coefficient (Wildman–Crippen LogP) is 5.24. The summed E-state index contributed by atoms with van der Waals surface area (Å²) in [5.41, 5.74) is 6.08. The first-order valence-corrected chi connectivity index (χ1v) is 7.67. The minimum atomic E-state index is 0.197.